The number of nitrogens with zero attached hydrogens (tertiary/aromatic N) is 4. The summed E-state index contributed by atoms with van der Waals surface area (Å²) in [6.07, 6.45) is 3.24. The number of carbonyl (C=O) groups is 1. The molecular weight excluding hydrogens is 276 g/mol. The molecule has 0 aliphatic rings. The first-order valence-electron chi connectivity index (χ1n) is 5.84. The van der Waals surface area contributed by atoms with Crippen LogP contribution in [0.5, 0.6) is 0 Å². The van der Waals surface area contributed by atoms with E-state index in [9.17, 15) is 9.90 Å². The molecule has 20 heavy (non-hydrogen) atoms. The molecule has 0 spiro atoms. The molecule has 3 heterocycles. The van der Waals surface area contributed by atoms with Gasteiger partial charge in [-0.2, -0.15) is 11.3 Å². The Balaban J connectivity index is 2.09. The van der Waals surface area contributed by atoms with Crippen LogP contribution in [0.15, 0.2) is 41.4 Å². The number of carboxylic acid groups (broad SMARTS) is 1. The van der Waals surface area contributed by atoms with Crippen LogP contribution in [-0.2, 0) is 6.54 Å². The highest BCUT2D eigenvalue weighted by Crippen LogP contribution is 2.22. The van der Waals surface area contributed by atoms with Crippen molar-refractivity contribution in [1.82, 2.24) is 20.0 Å². The third kappa shape index (κ3) is 2.30. The van der Waals surface area contributed by atoms with Crippen molar-refractivity contribution >= 4 is 17.3 Å². The van der Waals surface area contributed by atoms with Gasteiger partial charge in [0.25, 0.3) is 0 Å². The van der Waals surface area contributed by atoms with Crippen LogP contribution < -0.4 is 0 Å². The van der Waals surface area contributed by atoms with Gasteiger partial charge < -0.3 is 5.11 Å². The summed E-state index contributed by atoms with van der Waals surface area (Å²) in [5.41, 5.74) is 2.15. The average Bonchev–Trinajstić information content (AvgIpc) is 3.09. The minimum absolute atomic E-state index is 0.0618. The van der Waals surface area contributed by atoms with Crippen LogP contribution in [0.1, 0.15) is 16.1 Å². The van der Waals surface area contributed by atoms with Gasteiger partial charge in [0.15, 0.2) is 5.69 Å². The van der Waals surface area contributed by atoms with Gasteiger partial charge in [-0.3, -0.25) is 4.98 Å². The largest absolute Gasteiger partial charge is 0.476 e. The summed E-state index contributed by atoms with van der Waals surface area (Å²) in [6.45, 7) is 0.480. The normalized spacial score (nSPS) is 10.6. The summed E-state index contributed by atoms with van der Waals surface area (Å²) in [4.78, 5) is 15.3. The third-order valence-electron chi connectivity index (χ3n) is 2.79. The van der Waals surface area contributed by atoms with Crippen molar-refractivity contribution in [3.63, 3.8) is 0 Å². The number of carboxylic acids is 1. The van der Waals surface area contributed by atoms with E-state index in [1.165, 1.54) is 0 Å². The van der Waals surface area contributed by atoms with Gasteiger partial charge in [-0.15, -0.1) is 5.10 Å². The lowest BCUT2D eigenvalue weighted by Gasteiger charge is -2.05. The van der Waals surface area contributed by atoms with Crippen molar-refractivity contribution in [2.45, 2.75) is 6.54 Å². The van der Waals surface area contributed by atoms with Crippen LogP contribution in [0.3, 0.4) is 0 Å². The van der Waals surface area contributed by atoms with Crippen molar-refractivity contribution in [1.29, 1.82) is 0 Å². The lowest BCUT2D eigenvalue weighted by Crippen LogP contribution is -2.05. The third-order valence-corrected chi connectivity index (χ3v) is 3.52. The van der Waals surface area contributed by atoms with E-state index < -0.39 is 5.97 Å². The molecule has 0 amide bonds. The molecule has 0 aromatic carbocycles. The highest BCUT2D eigenvalue weighted by atomic mass is 32.1. The van der Waals surface area contributed by atoms with Gasteiger partial charge >= 0.3 is 5.97 Å². The second-order valence-electron chi connectivity index (χ2n) is 4.12. The summed E-state index contributed by atoms with van der Waals surface area (Å²) in [5, 5.41) is 20.9. The molecule has 3 rings (SSSR count). The number of aromatic nitrogens is 4. The maximum atomic E-state index is 11.3. The van der Waals surface area contributed by atoms with Gasteiger partial charge in [0.1, 0.15) is 5.69 Å². The predicted octanol–water partition coefficient (Wildman–Crippen LogP) is 2.15. The van der Waals surface area contributed by atoms with E-state index >= 15 is 0 Å². The molecule has 0 aliphatic heterocycles. The predicted molar refractivity (Wildman–Crippen MR) is 73.6 cm³/mol. The zero-order valence-electron chi connectivity index (χ0n) is 10.3. The second kappa shape index (κ2) is 5.22. The van der Waals surface area contributed by atoms with Crippen molar-refractivity contribution in [3.8, 4) is 11.3 Å². The van der Waals surface area contributed by atoms with Crippen LogP contribution >= 0.6 is 11.3 Å². The molecule has 0 atom stereocenters. The number of thiophene rings is 1. The fraction of sp³-hybridized carbons (Fsp3) is 0.0769. The van der Waals surface area contributed by atoms with E-state index in [0.29, 0.717) is 17.8 Å². The standard InChI is InChI=1S/C13H10N4O2S/c18-13(19)11-12(10-2-1-4-14-6-10)17(16-15-11)7-9-3-5-20-8-9/h1-6,8H,7H2,(H,18,19). The second-order valence-corrected chi connectivity index (χ2v) is 4.90. The van der Waals surface area contributed by atoms with E-state index in [1.807, 2.05) is 16.8 Å². The summed E-state index contributed by atoms with van der Waals surface area (Å²) in [5.74, 6) is -1.10. The monoisotopic (exact) mass is 286 g/mol. The first-order valence-corrected chi connectivity index (χ1v) is 6.78. The summed E-state index contributed by atoms with van der Waals surface area (Å²) < 4.78 is 1.59. The van der Waals surface area contributed by atoms with E-state index in [0.717, 1.165) is 5.56 Å². The smallest absolute Gasteiger partial charge is 0.358 e. The number of rotatable bonds is 4. The Morgan fingerprint density at radius 2 is 2.30 bits per heavy atom. The Labute approximate surface area is 118 Å². The van der Waals surface area contributed by atoms with Crippen molar-refractivity contribution < 1.29 is 9.90 Å². The number of aromatic carboxylic acids is 1. The molecule has 7 heteroatoms. The average molecular weight is 286 g/mol. The van der Waals surface area contributed by atoms with Gasteiger partial charge in [0.2, 0.25) is 0 Å². The Bertz CT molecular complexity index is 722. The summed E-state index contributed by atoms with van der Waals surface area (Å²) in [7, 11) is 0. The molecule has 0 saturated heterocycles. The van der Waals surface area contributed by atoms with Crippen LogP contribution in [0, 0.1) is 0 Å². The highest BCUT2D eigenvalue weighted by Gasteiger charge is 2.20. The zero-order valence-corrected chi connectivity index (χ0v) is 11.1. The maximum absolute atomic E-state index is 11.3. The van der Waals surface area contributed by atoms with Crippen LogP contribution in [0.2, 0.25) is 0 Å². The van der Waals surface area contributed by atoms with Gasteiger partial charge in [-0.25, -0.2) is 9.48 Å². The molecule has 0 saturated carbocycles. The Morgan fingerprint density at radius 3 is 2.95 bits per heavy atom. The fourth-order valence-corrected chi connectivity index (χ4v) is 2.57. The highest BCUT2D eigenvalue weighted by molar-refractivity contribution is 7.07. The quantitative estimate of drug-likeness (QED) is 0.794. The van der Waals surface area contributed by atoms with E-state index in [-0.39, 0.29) is 5.69 Å². The summed E-state index contributed by atoms with van der Waals surface area (Å²) >= 11 is 1.58. The fourth-order valence-electron chi connectivity index (χ4n) is 1.91. The van der Waals surface area contributed by atoms with E-state index in [4.69, 9.17) is 0 Å². The molecule has 100 valence electrons. The van der Waals surface area contributed by atoms with Crippen LogP contribution in [-0.4, -0.2) is 31.1 Å². The molecule has 0 radical (unpaired) electrons. The van der Waals surface area contributed by atoms with Crippen molar-refractivity contribution in [3.05, 3.63) is 52.6 Å². The summed E-state index contributed by atoms with van der Waals surface area (Å²) in [6, 6.07) is 5.52. The molecule has 3 aromatic heterocycles. The van der Waals surface area contributed by atoms with Crippen LogP contribution in [0.4, 0.5) is 0 Å². The van der Waals surface area contributed by atoms with Gasteiger partial charge in [-0.1, -0.05) is 5.21 Å². The first kappa shape index (κ1) is 12.5. The van der Waals surface area contributed by atoms with Gasteiger partial charge in [0.05, 0.1) is 6.54 Å². The van der Waals surface area contributed by atoms with Crippen molar-refractivity contribution in [2.24, 2.45) is 0 Å². The Kier molecular flexibility index (Phi) is 3.26. The zero-order chi connectivity index (χ0) is 13.9. The number of hydrogen-bond donors (Lipinski definition) is 1. The Hall–Kier alpha value is -2.54. The van der Waals surface area contributed by atoms with Gasteiger partial charge in [0, 0.05) is 18.0 Å². The van der Waals surface area contributed by atoms with Crippen LogP contribution in [0.25, 0.3) is 11.3 Å². The lowest BCUT2D eigenvalue weighted by atomic mass is 10.1. The minimum atomic E-state index is -1.10. The molecular formula is C13H10N4O2S. The SMILES string of the molecule is O=C(O)c1nnn(Cc2ccsc2)c1-c1cccnc1. The van der Waals surface area contributed by atoms with E-state index in [1.54, 1.807) is 40.5 Å². The maximum Gasteiger partial charge on any atom is 0.358 e. The molecule has 1 N–H and O–H groups in total. The first-order chi connectivity index (χ1) is 9.75. The number of hydrogen-bond acceptors (Lipinski definition) is 5. The Morgan fingerprint density at radius 1 is 1.40 bits per heavy atom. The molecule has 3 aromatic rings. The molecule has 0 aliphatic carbocycles. The topological polar surface area (TPSA) is 80.9 Å². The lowest BCUT2D eigenvalue weighted by molar-refractivity contribution is 0.0691. The molecule has 0 fully saturated rings. The van der Waals surface area contributed by atoms with E-state index in [2.05, 4.69) is 15.3 Å². The molecule has 0 bridgehead atoms. The minimum Gasteiger partial charge on any atom is -0.476 e. The molecule has 6 nitrogen and oxygen atoms in total. The number of pyridine rings is 1. The van der Waals surface area contributed by atoms with Gasteiger partial charge in [-0.05, 0) is 34.5 Å². The van der Waals surface area contributed by atoms with Crippen molar-refractivity contribution in [2.75, 3.05) is 0 Å². The molecule has 0 unspecified atom stereocenters.